The summed E-state index contributed by atoms with van der Waals surface area (Å²) in [7, 11) is -3.70. The van der Waals surface area contributed by atoms with Crippen molar-refractivity contribution >= 4 is 21.8 Å². The molecule has 8 nitrogen and oxygen atoms in total. The summed E-state index contributed by atoms with van der Waals surface area (Å²) in [5.74, 6) is -1.88. The molecule has 0 radical (unpaired) electrons. The van der Waals surface area contributed by atoms with Crippen LogP contribution in [0.4, 0.5) is 0 Å². The van der Waals surface area contributed by atoms with Crippen molar-refractivity contribution in [2.75, 3.05) is 32.6 Å². The Morgan fingerprint density at radius 3 is 2.64 bits per heavy atom. The van der Waals surface area contributed by atoms with Crippen LogP contribution in [0.2, 0.25) is 0 Å². The number of aromatic amines is 1. The number of carboxylic acid groups (broad SMARTS) is 1. The summed E-state index contributed by atoms with van der Waals surface area (Å²) in [6.45, 7) is 3.67. The molecule has 1 saturated heterocycles. The second-order valence-electron chi connectivity index (χ2n) is 6.41. The van der Waals surface area contributed by atoms with E-state index in [-0.39, 0.29) is 11.8 Å². The number of nitrogens with zero attached hydrogens (tertiary/aromatic N) is 2. The van der Waals surface area contributed by atoms with Gasteiger partial charge < -0.3 is 19.7 Å². The van der Waals surface area contributed by atoms with Gasteiger partial charge in [-0.1, -0.05) is 6.92 Å². The van der Waals surface area contributed by atoms with Crippen LogP contribution in [0, 0.1) is 11.8 Å². The Morgan fingerprint density at radius 2 is 2.12 bits per heavy atom. The lowest BCUT2D eigenvalue weighted by Crippen LogP contribution is -2.46. The first-order valence-electron chi connectivity index (χ1n) is 8.24. The largest absolute Gasteiger partial charge is 0.481 e. The summed E-state index contributed by atoms with van der Waals surface area (Å²) in [6.07, 6.45) is 3.79. The molecule has 140 valence electrons. The molecule has 2 rings (SSSR count). The molecule has 0 aromatic carbocycles. The maximum atomic E-state index is 11.9. The zero-order valence-electron chi connectivity index (χ0n) is 14.5. The maximum absolute atomic E-state index is 11.9. The number of nitrogens with one attached hydrogen (secondary N) is 1. The number of amidine groups is 1. The van der Waals surface area contributed by atoms with Crippen LogP contribution in [-0.2, 0) is 26.0 Å². The Labute approximate surface area is 147 Å². The SMILES string of the molecule is CC(Cc1ccc[nH]1)CC(C(=O)O)C(=NS(C)(=O)=O)N1CCOCC1. The predicted molar refractivity (Wildman–Crippen MR) is 94.1 cm³/mol. The van der Waals surface area contributed by atoms with Gasteiger partial charge in [0.05, 0.1) is 19.5 Å². The molecule has 2 unspecified atom stereocenters. The Hall–Kier alpha value is -1.87. The zero-order valence-corrected chi connectivity index (χ0v) is 15.3. The molecule has 1 aliphatic rings. The van der Waals surface area contributed by atoms with Crippen molar-refractivity contribution in [2.45, 2.75) is 19.8 Å². The van der Waals surface area contributed by atoms with Crippen LogP contribution >= 0.6 is 0 Å². The minimum Gasteiger partial charge on any atom is -0.481 e. The van der Waals surface area contributed by atoms with Gasteiger partial charge in [0.2, 0.25) is 0 Å². The summed E-state index contributed by atoms with van der Waals surface area (Å²) in [6, 6.07) is 3.83. The van der Waals surface area contributed by atoms with E-state index in [1.807, 2.05) is 25.3 Å². The number of aliphatic carboxylic acids is 1. The summed E-state index contributed by atoms with van der Waals surface area (Å²) in [4.78, 5) is 16.7. The molecular formula is C16H25N3O5S. The van der Waals surface area contributed by atoms with Gasteiger partial charge >= 0.3 is 5.97 Å². The third-order valence-electron chi connectivity index (χ3n) is 4.07. The van der Waals surface area contributed by atoms with Crippen molar-refractivity contribution in [3.63, 3.8) is 0 Å². The first kappa shape index (κ1) is 19.5. The quantitative estimate of drug-likeness (QED) is 0.546. The summed E-state index contributed by atoms with van der Waals surface area (Å²) in [5.41, 5.74) is 1.02. The lowest BCUT2D eigenvalue weighted by molar-refractivity contribution is -0.140. The van der Waals surface area contributed by atoms with Crippen molar-refractivity contribution in [1.29, 1.82) is 0 Å². The molecule has 0 bridgehead atoms. The van der Waals surface area contributed by atoms with E-state index < -0.39 is 21.9 Å². The molecule has 2 atom stereocenters. The van der Waals surface area contributed by atoms with E-state index in [2.05, 4.69) is 9.38 Å². The van der Waals surface area contributed by atoms with Crippen molar-refractivity contribution < 1.29 is 23.1 Å². The highest BCUT2D eigenvalue weighted by Crippen LogP contribution is 2.21. The maximum Gasteiger partial charge on any atom is 0.314 e. The highest BCUT2D eigenvalue weighted by atomic mass is 32.2. The number of hydrogen-bond acceptors (Lipinski definition) is 4. The molecule has 1 aliphatic heterocycles. The van der Waals surface area contributed by atoms with Crippen LogP contribution in [0.1, 0.15) is 19.0 Å². The first-order chi connectivity index (χ1) is 11.8. The fraction of sp³-hybridized carbons (Fsp3) is 0.625. The lowest BCUT2D eigenvalue weighted by Gasteiger charge is -2.32. The fourth-order valence-electron chi connectivity index (χ4n) is 2.98. The summed E-state index contributed by atoms with van der Waals surface area (Å²) >= 11 is 0. The highest BCUT2D eigenvalue weighted by Gasteiger charge is 2.32. The highest BCUT2D eigenvalue weighted by molar-refractivity contribution is 7.89. The van der Waals surface area contributed by atoms with Crippen LogP contribution in [0.25, 0.3) is 0 Å². The van der Waals surface area contributed by atoms with Gasteiger partial charge in [-0.05, 0) is 30.9 Å². The molecule has 0 aliphatic carbocycles. The Bertz CT molecular complexity index is 693. The Balaban J connectivity index is 2.22. The molecule has 0 spiro atoms. The minimum absolute atomic E-state index is 0.0468. The molecule has 0 saturated carbocycles. The first-order valence-corrected chi connectivity index (χ1v) is 10.1. The van der Waals surface area contributed by atoms with E-state index in [0.29, 0.717) is 39.1 Å². The smallest absolute Gasteiger partial charge is 0.314 e. The van der Waals surface area contributed by atoms with E-state index in [1.165, 1.54) is 0 Å². The van der Waals surface area contributed by atoms with Crippen LogP contribution in [-0.4, -0.2) is 67.8 Å². The fourth-order valence-corrected chi connectivity index (χ4v) is 3.56. The van der Waals surface area contributed by atoms with E-state index in [0.717, 1.165) is 11.9 Å². The molecule has 1 aromatic heterocycles. The van der Waals surface area contributed by atoms with Crippen LogP contribution in [0.3, 0.4) is 0 Å². The van der Waals surface area contributed by atoms with Gasteiger partial charge in [0.25, 0.3) is 10.0 Å². The molecule has 2 heterocycles. The van der Waals surface area contributed by atoms with Gasteiger partial charge in [-0.15, -0.1) is 4.40 Å². The number of morpholine rings is 1. The van der Waals surface area contributed by atoms with Crippen molar-refractivity contribution in [1.82, 2.24) is 9.88 Å². The van der Waals surface area contributed by atoms with E-state index >= 15 is 0 Å². The van der Waals surface area contributed by atoms with Gasteiger partial charge in [0.1, 0.15) is 11.8 Å². The molecule has 25 heavy (non-hydrogen) atoms. The number of rotatable bonds is 7. The average Bonchev–Trinajstić information content (AvgIpc) is 3.03. The standard InChI is InChI=1S/C16H25N3O5S/c1-12(10-13-4-3-5-17-13)11-14(16(20)21)15(18-25(2,22)23)19-6-8-24-9-7-19/h3-5,12,14,17H,6-11H2,1-2H3,(H,20,21). The zero-order chi connectivity index (χ0) is 18.4. The number of ether oxygens (including phenoxy) is 1. The van der Waals surface area contributed by atoms with Crippen LogP contribution in [0.5, 0.6) is 0 Å². The predicted octanol–water partition coefficient (Wildman–Crippen LogP) is 0.975. The van der Waals surface area contributed by atoms with Gasteiger partial charge in [0, 0.05) is 25.0 Å². The number of aromatic nitrogens is 1. The van der Waals surface area contributed by atoms with Crippen LogP contribution in [0.15, 0.2) is 22.7 Å². The number of carboxylic acids is 1. The van der Waals surface area contributed by atoms with Crippen molar-refractivity contribution in [3.8, 4) is 0 Å². The monoisotopic (exact) mass is 371 g/mol. The number of hydrogen-bond donors (Lipinski definition) is 2. The molecule has 0 amide bonds. The third kappa shape index (κ3) is 6.17. The van der Waals surface area contributed by atoms with Crippen molar-refractivity contribution in [3.05, 3.63) is 24.0 Å². The topological polar surface area (TPSA) is 112 Å². The average molecular weight is 371 g/mol. The van der Waals surface area contributed by atoms with E-state index in [1.54, 1.807) is 4.90 Å². The molecular weight excluding hydrogens is 346 g/mol. The Morgan fingerprint density at radius 1 is 1.44 bits per heavy atom. The molecule has 1 aromatic rings. The minimum atomic E-state index is -3.70. The second-order valence-corrected chi connectivity index (χ2v) is 8.06. The molecule has 2 N–H and O–H groups in total. The van der Waals surface area contributed by atoms with Crippen molar-refractivity contribution in [2.24, 2.45) is 16.2 Å². The van der Waals surface area contributed by atoms with E-state index in [4.69, 9.17) is 4.74 Å². The molecule has 1 fully saturated rings. The number of H-pyrrole nitrogens is 1. The Kier molecular flexibility index (Phi) is 6.60. The van der Waals surface area contributed by atoms with Gasteiger partial charge in [-0.25, -0.2) is 8.42 Å². The normalized spacial score (nSPS) is 18.8. The lowest BCUT2D eigenvalue weighted by atomic mass is 9.91. The second kappa shape index (κ2) is 8.48. The van der Waals surface area contributed by atoms with Gasteiger partial charge in [0.15, 0.2) is 0 Å². The summed E-state index contributed by atoms with van der Waals surface area (Å²) < 4.78 is 32.5. The molecule has 9 heteroatoms. The van der Waals surface area contributed by atoms with Gasteiger partial charge in [-0.3, -0.25) is 4.79 Å². The third-order valence-corrected chi connectivity index (χ3v) is 4.59. The number of carbonyl (C=O) groups is 1. The summed E-state index contributed by atoms with van der Waals surface area (Å²) in [5, 5.41) is 9.70. The van der Waals surface area contributed by atoms with Gasteiger partial charge in [-0.2, -0.15) is 0 Å². The van der Waals surface area contributed by atoms with E-state index in [9.17, 15) is 18.3 Å². The number of sulfonamides is 1. The van der Waals surface area contributed by atoms with Crippen LogP contribution < -0.4 is 0 Å².